The van der Waals surface area contributed by atoms with Crippen molar-refractivity contribution < 1.29 is 14.4 Å². The largest absolute Gasteiger partial charge is 0.334 e. The van der Waals surface area contributed by atoms with Crippen molar-refractivity contribution in [2.45, 2.75) is 64.8 Å². The highest BCUT2D eigenvalue weighted by molar-refractivity contribution is 5.93. The first-order valence-corrected chi connectivity index (χ1v) is 9.16. The van der Waals surface area contributed by atoms with Gasteiger partial charge in [0.1, 0.15) is 0 Å². The lowest BCUT2D eigenvalue weighted by Crippen LogP contribution is -2.50. The van der Waals surface area contributed by atoms with Crippen LogP contribution < -0.4 is 21.5 Å². The Hall–Kier alpha value is -2.57. The molecule has 0 saturated heterocycles. The molecule has 0 radical (unpaired) electrons. The predicted molar refractivity (Wildman–Crippen MR) is 100 cm³/mol. The molecule has 2 rings (SSSR count). The number of amides is 4. The number of hydrogen-bond acceptors (Lipinski definition) is 3. The van der Waals surface area contributed by atoms with Crippen LogP contribution in [-0.4, -0.2) is 23.9 Å². The van der Waals surface area contributed by atoms with Crippen LogP contribution in [0.4, 0.5) is 10.5 Å². The van der Waals surface area contributed by atoms with Crippen molar-refractivity contribution in [2.24, 2.45) is 0 Å². The van der Waals surface area contributed by atoms with Crippen molar-refractivity contribution in [3.63, 3.8) is 0 Å². The molecular weight excluding hydrogens is 332 g/mol. The van der Waals surface area contributed by atoms with Crippen LogP contribution in [0.1, 0.15) is 56.1 Å². The summed E-state index contributed by atoms with van der Waals surface area (Å²) in [5.41, 5.74) is 7.62. The zero-order valence-electron chi connectivity index (χ0n) is 15.5. The molecule has 1 saturated carbocycles. The predicted octanol–water partition coefficient (Wildman–Crippen LogP) is 2.69. The lowest BCUT2D eigenvalue weighted by molar-refractivity contribution is -0.124. The first kappa shape index (κ1) is 19.8. The first-order valence-electron chi connectivity index (χ1n) is 9.16. The lowest BCUT2D eigenvalue weighted by Gasteiger charge is -2.22. The average Bonchev–Trinajstić information content (AvgIpc) is 2.62. The molecule has 26 heavy (non-hydrogen) atoms. The van der Waals surface area contributed by atoms with Gasteiger partial charge in [0.25, 0.3) is 0 Å². The van der Waals surface area contributed by atoms with E-state index in [0.717, 1.165) is 36.8 Å². The lowest BCUT2D eigenvalue weighted by atomic mass is 9.96. The van der Waals surface area contributed by atoms with Crippen LogP contribution >= 0.6 is 0 Å². The minimum atomic E-state index is -0.412. The van der Waals surface area contributed by atoms with Gasteiger partial charge in [0.15, 0.2) is 0 Å². The Labute approximate surface area is 154 Å². The van der Waals surface area contributed by atoms with E-state index in [1.807, 2.05) is 32.0 Å². The molecule has 4 N–H and O–H groups in total. The topological polar surface area (TPSA) is 99.3 Å². The Morgan fingerprint density at radius 3 is 2.31 bits per heavy atom. The maximum Gasteiger partial charge on any atom is 0.333 e. The second-order valence-electron chi connectivity index (χ2n) is 6.83. The minimum absolute atomic E-state index is 0.000382. The van der Waals surface area contributed by atoms with Gasteiger partial charge >= 0.3 is 6.03 Å². The molecule has 0 aliphatic heterocycles. The summed E-state index contributed by atoms with van der Waals surface area (Å²) in [5, 5.41) is 5.60. The zero-order valence-corrected chi connectivity index (χ0v) is 15.5. The van der Waals surface area contributed by atoms with Crippen LogP contribution in [0.15, 0.2) is 18.2 Å². The highest BCUT2D eigenvalue weighted by atomic mass is 16.2. The summed E-state index contributed by atoms with van der Waals surface area (Å²) in [6.45, 7) is 3.98. The summed E-state index contributed by atoms with van der Waals surface area (Å²) in [6, 6.07) is 5.42. The number of aryl methyl sites for hydroxylation is 2. The molecule has 0 heterocycles. The van der Waals surface area contributed by atoms with Crippen molar-refractivity contribution >= 4 is 23.5 Å². The van der Waals surface area contributed by atoms with E-state index in [4.69, 9.17) is 0 Å². The van der Waals surface area contributed by atoms with E-state index in [2.05, 4.69) is 21.5 Å². The summed E-state index contributed by atoms with van der Waals surface area (Å²) in [6.07, 6.45) is 5.44. The maximum atomic E-state index is 11.9. The number of carbonyl (C=O) groups is 3. The van der Waals surface area contributed by atoms with Crippen molar-refractivity contribution in [3.8, 4) is 0 Å². The van der Waals surface area contributed by atoms with E-state index in [-0.39, 0.29) is 24.8 Å². The number of carbonyl (C=O) groups excluding carboxylic acids is 3. The van der Waals surface area contributed by atoms with Crippen LogP contribution in [0, 0.1) is 13.8 Å². The molecule has 0 spiro atoms. The molecule has 1 aliphatic carbocycles. The Morgan fingerprint density at radius 2 is 1.62 bits per heavy atom. The second kappa shape index (κ2) is 9.79. The summed E-state index contributed by atoms with van der Waals surface area (Å²) in [5.74, 6) is -0.644. The Kier molecular flexibility index (Phi) is 7.44. The highest BCUT2D eigenvalue weighted by Gasteiger charge is 2.16. The molecule has 142 valence electrons. The molecule has 7 nitrogen and oxygen atoms in total. The standard InChI is InChI=1S/C19H28N4O3/c1-13-8-9-16(12-14(13)2)20-17(24)10-11-18(25)22-23-19(26)21-15-6-4-3-5-7-15/h8-9,12,15H,3-7,10-11H2,1-2H3,(H,20,24)(H,22,25)(H2,21,23,26). The van der Waals surface area contributed by atoms with E-state index < -0.39 is 11.9 Å². The first-order chi connectivity index (χ1) is 12.4. The number of benzene rings is 1. The highest BCUT2D eigenvalue weighted by Crippen LogP contribution is 2.17. The molecule has 4 amide bonds. The van der Waals surface area contributed by atoms with Crippen molar-refractivity contribution in [1.29, 1.82) is 0 Å². The fourth-order valence-corrected chi connectivity index (χ4v) is 2.93. The van der Waals surface area contributed by atoms with Crippen molar-refractivity contribution in [3.05, 3.63) is 29.3 Å². The van der Waals surface area contributed by atoms with Crippen molar-refractivity contribution in [2.75, 3.05) is 5.32 Å². The van der Waals surface area contributed by atoms with Crippen molar-refractivity contribution in [1.82, 2.24) is 16.2 Å². The van der Waals surface area contributed by atoms with E-state index in [0.29, 0.717) is 5.69 Å². The third kappa shape index (κ3) is 6.74. The molecule has 0 unspecified atom stereocenters. The number of anilines is 1. The Bertz CT molecular complexity index is 654. The van der Waals surface area contributed by atoms with Gasteiger partial charge in [-0.2, -0.15) is 0 Å². The molecule has 1 aromatic carbocycles. The number of hydrazine groups is 1. The fourth-order valence-electron chi connectivity index (χ4n) is 2.93. The third-order valence-corrected chi connectivity index (χ3v) is 4.63. The third-order valence-electron chi connectivity index (χ3n) is 4.63. The van der Waals surface area contributed by atoms with E-state index in [9.17, 15) is 14.4 Å². The Balaban J connectivity index is 1.63. The molecular formula is C19H28N4O3. The van der Waals surface area contributed by atoms with Crippen LogP contribution in [-0.2, 0) is 9.59 Å². The van der Waals surface area contributed by atoms with Crippen LogP contribution in [0.25, 0.3) is 0 Å². The van der Waals surface area contributed by atoms with Crippen LogP contribution in [0.3, 0.4) is 0 Å². The van der Waals surface area contributed by atoms with Crippen LogP contribution in [0.5, 0.6) is 0 Å². The quantitative estimate of drug-likeness (QED) is 0.608. The summed E-state index contributed by atoms with van der Waals surface area (Å²) in [7, 11) is 0. The summed E-state index contributed by atoms with van der Waals surface area (Å²) >= 11 is 0. The normalized spacial score (nSPS) is 14.4. The number of nitrogens with one attached hydrogen (secondary N) is 4. The van der Waals surface area contributed by atoms with Gasteiger partial charge in [0, 0.05) is 24.6 Å². The molecule has 7 heteroatoms. The van der Waals surface area contributed by atoms with E-state index >= 15 is 0 Å². The monoisotopic (exact) mass is 360 g/mol. The number of hydrogen-bond donors (Lipinski definition) is 4. The number of urea groups is 1. The summed E-state index contributed by atoms with van der Waals surface area (Å²) < 4.78 is 0. The molecule has 1 aromatic rings. The molecule has 0 bridgehead atoms. The van der Waals surface area contributed by atoms with Gasteiger partial charge < -0.3 is 10.6 Å². The number of rotatable bonds is 5. The van der Waals surface area contributed by atoms with Gasteiger partial charge in [0.05, 0.1) is 0 Å². The SMILES string of the molecule is Cc1ccc(NC(=O)CCC(=O)NNC(=O)NC2CCCCC2)cc1C. The van der Waals surface area contributed by atoms with Gasteiger partial charge in [-0.25, -0.2) is 10.2 Å². The second-order valence-corrected chi connectivity index (χ2v) is 6.83. The van der Waals surface area contributed by atoms with Gasteiger partial charge in [-0.15, -0.1) is 0 Å². The average molecular weight is 360 g/mol. The van der Waals surface area contributed by atoms with E-state index in [1.165, 1.54) is 6.42 Å². The molecule has 1 fully saturated rings. The molecule has 1 aliphatic rings. The minimum Gasteiger partial charge on any atom is -0.334 e. The molecule has 0 atom stereocenters. The smallest absolute Gasteiger partial charge is 0.333 e. The van der Waals surface area contributed by atoms with E-state index in [1.54, 1.807) is 0 Å². The van der Waals surface area contributed by atoms with Gasteiger partial charge in [-0.1, -0.05) is 25.3 Å². The van der Waals surface area contributed by atoms with Gasteiger partial charge in [-0.05, 0) is 49.9 Å². The van der Waals surface area contributed by atoms with Crippen LogP contribution in [0.2, 0.25) is 0 Å². The van der Waals surface area contributed by atoms with Gasteiger partial charge in [-0.3, -0.25) is 15.0 Å². The van der Waals surface area contributed by atoms with Gasteiger partial charge in [0.2, 0.25) is 11.8 Å². The summed E-state index contributed by atoms with van der Waals surface area (Å²) in [4.78, 5) is 35.4. The maximum absolute atomic E-state index is 11.9. The molecule has 0 aromatic heterocycles. The zero-order chi connectivity index (χ0) is 18.9. The Morgan fingerprint density at radius 1 is 0.923 bits per heavy atom. The fraction of sp³-hybridized carbons (Fsp3) is 0.526.